The van der Waals surface area contributed by atoms with E-state index in [4.69, 9.17) is 0 Å². The molecule has 0 aliphatic heterocycles. The molecule has 3 atom stereocenters. The normalized spacial score (nSPS) is 16.0. The fraction of sp³-hybridized carbons (Fsp3) is 0.821. The van der Waals surface area contributed by atoms with Gasteiger partial charge in [0.25, 0.3) is 0 Å². The minimum Gasteiger partial charge on any atom is -0.481 e. The number of unbranched alkanes of at least 4 members (excludes halogenated alkanes) is 8. The lowest BCUT2D eigenvalue weighted by molar-refractivity contribution is -0.929. The molecule has 0 aliphatic carbocycles. The first-order valence-corrected chi connectivity index (χ1v) is 13.8. The second kappa shape index (κ2) is 19.3. The number of carboxylic acids is 3. The molecule has 3 N–H and O–H groups in total. The Hall–Kier alpha value is -1.89. The molecule has 3 unspecified atom stereocenters. The summed E-state index contributed by atoms with van der Waals surface area (Å²) in [6.45, 7) is 8.83. The van der Waals surface area contributed by atoms with Crippen molar-refractivity contribution < 1.29 is 34.2 Å². The standard InChI is InChI=1S/C28H51NO6/c1-5-9-10-11-12-13-14-15-16-17-18-19-29(20-23(6-2)26(30)31,21-24(7-3)27(32)33)22-25(8-4)28(34)35/h17-18,23-25H,5-16,19-22H2,1-4H3,(H2-,30,31,32,33,34,35)/p+1/b18-17+. The van der Waals surface area contributed by atoms with Crippen LogP contribution in [0.2, 0.25) is 0 Å². The maximum atomic E-state index is 11.9. The number of quaternary nitrogens is 1. The molecule has 7 heteroatoms. The predicted molar refractivity (Wildman–Crippen MR) is 140 cm³/mol. The fourth-order valence-corrected chi connectivity index (χ4v) is 4.81. The van der Waals surface area contributed by atoms with Crippen LogP contribution in [0.4, 0.5) is 0 Å². The Balaban J connectivity index is 5.46. The molecule has 0 saturated heterocycles. The summed E-state index contributed by atoms with van der Waals surface area (Å²) in [7, 11) is 0. The molecule has 0 amide bonds. The summed E-state index contributed by atoms with van der Waals surface area (Å²) in [4.78, 5) is 35.7. The molecule has 0 aliphatic rings. The van der Waals surface area contributed by atoms with E-state index in [1.54, 1.807) is 0 Å². The highest BCUT2D eigenvalue weighted by Crippen LogP contribution is 2.24. The molecule has 0 aromatic heterocycles. The van der Waals surface area contributed by atoms with Gasteiger partial charge in [-0.05, 0) is 38.2 Å². The number of carbonyl (C=O) groups is 3. The Morgan fingerprint density at radius 3 is 1.31 bits per heavy atom. The molecule has 0 heterocycles. The zero-order chi connectivity index (χ0) is 26.7. The van der Waals surface area contributed by atoms with E-state index in [-0.39, 0.29) is 24.1 Å². The van der Waals surface area contributed by atoms with E-state index in [0.717, 1.165) is 12.8 Å². The van der Waals surface area contributed by atoms with Crippen LogP contribution in [0.1, 0.15) is 105 Å². The maximum absolute atomic E-state index is 11.9. The van der Waals surface area contributed by atoms with Crippen LogP contribution in [0, 0.1) is 17.8 Å². The molecule has 0 bridgehead atoms. The van der Waals surface area contributed by atoms with Crippen molar-refractivity contribution in [2.45, 2.75) is 105 Å². The summed E-state index contributed by atoms with van der Waals surface area (Å²) in [6, 6.07) is 0. The van der Waals surface area contributed by atoms with Crippen LogP contribution in [0.5, 0.6) is 0 Å². The van der Waals surface area contributed by atoms with E-state index in [9.17, 15) is 29.7 Å². The molecular formula is C28H52NO6+. The van der Waals surface area contributed by atoms with Gasteiger partial charge in [0.15, 0.2) is 0 Å². The zero-order valence-corrected chi connectivity index (χ0v) is 22.7. The lowest BCUT2D eigenvalue weighted by Crippen LogP contribution is -2.58. The summed E-state index contributed by atoms with van der Waals surface area (Å²) < 4.78 is 0.175. The van der Waals surface area contributed by atoms with Crippen LogP contribution in [-0.2, 0) is 14.4 Å². The highest BCUT2D eigenvalue weighted by atomic mass is 16.4. The van der Waals surface area contributed by atoms with Crippen molar-refractivity contribution in [3.63, 3.8) is 0 Å². The van der Waals surface area contributed by atoms with Crippen LogP contribution < -0.4 is 0 Å². The Bertz CT molecular complexity index is 573. The van der Waals surface area contributed by atoms with Gasteiger partial charge in [0, 0.05) is 0 Å². The molecule has 204 valence electrons. The summed E-state index contributed by atoms with van der Waals surface area (Å²) in [5.41, 5.74) is 0. The first-order chi connectivity index (χ1) is 16.7. The molecule has 0 radical (unpaired) electrons. The molecule has 0 aromatic carbocycles. The van der Waals surface area contributed by atoms with Crippen molar-refractivity contribution in [3.05, 3.63) is 12.2 Å². The molecule has 0 rings (SSSR count). The number of rotatable bonds is 23. The average Bonchev–Trinajstić information content (AvgIpc) is 2.82. The number of hydrogen-bond acceptors (Lipinski definition) is 3. The quantitative estimate of drug-likeness (QED) is 0.0875. The van der Waals surface area contributed by atoms with E-state index in [1.165, 1.54) is 44.9 Å². The molecule has 0 saturated carbocycles. The van der Waals surface area contributed by atoms with Crippen LogP contribution in [0.3, 0.4) is 0 Å². The first kappa shape index (κ1) is 33.1. The van der Waals surface area contributed by atoms with E-state index in [1.807, 2.05) is 26.8 Å². The van der Waals surface area contributed by atoms with Crippen LogP contribution in [-0.4, -0.2) is 63.9 Å². The number of hydrogen-bond donors (Lipinski definition) is 3. The fourth-order valence-electron chi connectivity index (χ4n) is 4.81. The molecule has 0 aromatic rings. The number of allylic oxidation sites excluding steroid dienone is 1. The van der Waals surface area contributed by atoms with Gasteiger partial charge in [-0.15, -0.1) is 0 Å². The van der Waals surface area contributed by atoms with Crippen LogP contribution >= 0.6 is 0 Å². The molecule has 7 nitrogen and oxygen atoms in total. The Kier molecular flexibility index (Phi) is 18.3. The van der Waals surface area contributed by atoms with Gasteiger partial charge in [0.05, 0.1) is 26.2 Å². The zero-order valence-electron chi connectivity index (χ0n) is 22.7. The van der Waals surface area contributed by atoms with Crippen molar-refractivity contribution in [1.29, 1.82) is 0 Å². The van der Waals surface area contributed by atoms with Gasteiger partial charge in [-0.3, -0.25) is 14.4 Å². The summed E-state index contributed by atoms with van der Waals surface area (Å²) in [5.74, 6) is -4.67. The highest BCUT2D eigenvalue weighted by molar-refractivity contribution is 5.71. The minimum atomic E-state index is -0.912. The highest BCUT2D eigenvalue weighted by Gasteiger charge is 2.39. The van der Waals surface area contributed by atoms with E-state index in [2.05, 4.69) is 13.0 Å². The smallest absolute Gasteiger partial charge is 0.312 e. The predicted octanol–water partition coefficient (Wildman–Crippen LogP) is 6.22. The third-order valence-electron chi connectivity index (χ3n) is 7.23. The third-order valence-corrected chi connectivity index (χ3v) is 7.23. The third kappa shape index (κ3) is 14.3. The topological polar surface area (TPSA) is 112 Å². The Morgan fingerprint density at radius 2 is 0.971 bits per heavy atom. The monoisotopic (exact) mass is 498 g/mol. The Morgan fingerprint density at radius 1 is 0.600 bits per heavy atom. The number of nitrogens with zero attached hydrogens (tertiary/aromatic N) is 1. The van der Waals surface area contributed by atoms with Crippen molar-refractivity contribution >= 4 is 17.9 Å². The van der Waals surface area contributed by atoms with Gasteiger partial charge < -0.3 is 19.8 Å². The van der Waals surface area contributed by atoms with Crippen molar-refractivity contribution in [3.8, 4) is 0 Å². The number of aliphatic carboxylic acids is 3. The maximum Gasteiger partial charge on any atom is 0.312 e. The summed E-state index contributed by atoms with van der Waals surface area (Å²) >= 11 is 0. The lowest BCUT2D eigenvalue weighted by Gasteiger charge is -2.42. The molecule has 35 heavy (non-hydrogen) atoms. The summed E-state index contributed by atoms with van der Waals surface area (Å²) in [5, 5.41) is 29.2. The summed E-state index contributed by atoms with van der Waals surface area (Å²) in [6.07, 6.45) is 16.3. The Labute approximate surface area is 213 Å². The van der Waals surface area contributed by atoms with Gasteiger partial charge in [-0.1, -0.05) is 78.7 Å². The van der Waals surface area contributed by atoms with Crippen molar-refractivity contribution in [1.82, 2.24) is 0 Å². The lowest BCUT2D eigenvalue weighted by atomic mass is 9.96. The van der Waals surface area contributed by atoms with Gasteiger partial charge in [0.2, 0.25) is 0 Å². The van der Waals surface area contributed by atoms with Crippen molar-refractivity contribution in [2.75, 3.05) is 26.2 Å². The minimum absolute atomic E-state index is 0.175. The van der Waals surface area contributed by atoms with Crippen molar-refractivity contribution in [2.24, 2.45) is 17.8 Å². The average molecular weight is 499 g/mol. The molecular weight excluding hydrogens is 446 g/mol. The van der Waals surface area contributed by atoms with Gasteiger partial charge in [0.1, 0.15) is 17.8 Å². The van der Waals surface area contributed by atoms with E-state index >= 15 is 0 Å². The second-order valence-corrected chi connectivity index (χ2v) is 10.1. The van der Waals surface area contributed by atoms with E-state index in [0.29, 0.717) is 25.8 Å². The molecule has 0 spiro atoms. The first-order valence-electron chi connectivity index (χ1n) is 13.8. The number of carboxylic acid groups (broad SMARTS) is 3. The van der Waals surface area contributed by atoms with Gasteiger partial charge >= 0.3 is 17.9 Å². The van der Waals surface area contributed by atoms with Crippen LogP contribution in [0.25, 0.3) is 0 Å². The van der Waals surface area contributed by atoms with Crippen LogP contribution in [0.15, 0.2) is 12.2 Å². The molecule has 0 fully saturated rings. The van der Waals surface area contributed by atoms with E-state index < -0.39 is 35.7 Å². The SMILES string of the molecule is CCCCCCCCCC/C=C/C[N+](CC(CC)C(=O)O)(CC(CC)C(=O)O)CC(CC)C(=O)O. The second-order valence-electron chi connectivity index (χ2n) is 10.1. The largest absolute Gasteiger partial charge is 0.481 e. The van der Waals surface area contributed by atoms with Gasteiger partial charge in [-0.25, -0.2) is 0 Å². The van der Waals surface area contributed by atoms with Gasteiger partial charge in [-0.2, -0.15) is 0 Å².